The number of carbonyl (C=O) groups is 2. The quantitative estimate of drug-likeness (QED) is 0.502. The first-order valence-corrected chi connectivity index (χ1v) is 10.9. The fourth-order valence-electron chi connectivity index (χ4n) is 2.43. The molecule has 29 heavy (non-hydrogen) atoms. The molecule has 0 saturated carbocycles. The van der Waals surface area contributed by atoms with Gasteiger partial charge in [0.15, 0.2) is 15.8 Å². The van der Waals surface area contributed by atoms with Crippen molar-refractivity contribution >= 4 is 57.5 Å². The van der Waals surface area contributed by atoms with E-state index in [0.29, 0.717) is 33.8 Å². The lowest BCUT2D eigenvalue weighted by atomic mass is 10.2. The molecule has 1 N–H and O–H groups in total. The van der Waals surface area contributed by atoms with Crippen LogP contribution in [0.5, 0.6) is 11.5 Å². The first-order chi connectivity index (χ1) is 13.9. The molecule has 0 aliphatic carbocycles. The van der Waals surface area contributed by atoms with Crippen molar-refractivity contribution in [3.63, 3.8) is 0 Å². The van der Waals surface area contributed by atoms with Gasteiger partial charge in [0, 0.05) is 0 Å². The number of amides is 2. The summed E-state index contributed by atoms with van der Waals surface area (Å²) in [6.45, 7) is 4.72. The van der Waals surface area contributed by atoms with Crippen molar-refractivity contribution in [1.29, 1.82) is 0 Å². The van der Waals surface area contributed by atoms with Gasteiger partial charge in [0.05, 0.1) is 23.5 Å². The molecule has 2 aromatic rings. The smallest absolute Gasteiger partial charge is 0.285 e. The highest BCUT2D eigenvalue weighted by atomic mass is 32.2. The third-order valence-corrected chi connectivity index (χ3v) is 5.98. The Morgan fingerprint density at radius 2 is 2.10 bits per heavy atom. The summed E-state index contributed by atoms with van der Waals surface area (Å²) in [6.07, 6.45) is 1.71. The monoisotopic (exact) mass is 448 g/mol. The van der Waals surface area contributed by atoms with Crippen molar-refractivity contribution in [1.82, 2.24) is 10.4 Å². The first-order valence-electron chi connectivity index (χ1n) is 8.82. The van der Waals surface area contributed by atoms with Gasteiger partial charge in [0.1, 0.15) is 0 Å². The fourth-order valence-corrected chi connectivity index (χ4v) is 4.22. The molecule has 6 nitrogen and oxygen atoms in total. The Morgan fingerprint density at radius 3 is 2.76 bits per heavy atom. The third kappa shape index (κ3) is 5.17. The fraction of sp³-hybridized carbons (Fsp3) is 0.250. The summed E-state index contributed by atoms with van der Waals surface area (Å²) in [5, 5.41) is 2.90. The molecule has 0 unspecified atom stereocenters. The maximum Gasteiger partial charge on any atom is 0.285 e. The molecule has 9 heteroatoms. The molecule has 1 fully saturated rings. The minimum absolute atomic E-state index is 0.273. The van der Waals surface area contributed by atoms with Crippen LogP contribution in [-0.2, 0) is 4.79 Å². The average molecular weight is 449 g/mol. The van der Waals surface area contributed by atoms with Gasteiger partial charge in [0.25, 0.3) is 11.8 Å². The molecule has 0 atom stereocenters. The van der Waals surface area contributed by atoms with Crippen LogP contribution in [0.4, 0.5) is 0 Å². The molecule has 3 rings (SSSR count). The van der Waals surface area contributed by atoms with Gasteiger partial charge in [-0.25, -0.2) is 0 Å². The molecule has 0 bridgehead atoms. The molecule has 0 spiro atoms. The molecule has 1 saturated heterocycles. The average Bonchev–Trinajstić information content (AvgIpc) is 3.31. The van der Waals surface area contributed by atoms with E-state index in [4.69, 9.17) is 21.7 Å². The van der Waals surface area contributed by atoms with Gasteiger partial charge < -0.3 is 9.47 Å². The van der Waals surface area contributed by atoms with Gasteiger partial charge in [0.2, 0.25) is 0 Å². The second-order valence-electron chi connectivity index (χ2n) is 6.55. The Hall–Kier alpha value is -2.36. The summed E-state index contributed by atoms with van der Waals surface area (Å²) in [6, 6.07) is 8.90. The minimum Gasteiger partial charge on any atom is -0.493 e. The second-order valence-corrected chi connectivity index (χ2v) is 9.17. The number of thioether (sulfide) groups is 1. The predicted molar refractivity (Wildman–Crippen MR) is 120 cm³/mol. The summed E-state index contributed by atoms with van der Waals surface area (Å²) >= 11 is 7.68. The van der Waals surface area contributed by atoms with Gasteiger partial charge in [-0.1, -0.05) is 37.7 Å². The molecule has 2 heterocycles. The summed E-state index contributed by atoms with van der Waals surface area (Å²) < 4.78 is 11.4. The van der Waals surface area contributed by atoms with Gasteiger partial charge >= 0.3 is 0 Å². The van der Waals surface area contributed by atoms with E-state index in [-0.39, 0.29) is 16.1 Å². The topological polar surface area (TPSA) is 67.9 Å². The summed E-state index contributed by atoms with van der Waals surface area (Å²) in [5.41, 5.74) is 3.33. The molecule has 1 aromatic heterocycles. The van der Waals surface area contributed by atoms with Crippen LogP contribution in [0.2, 0.25) is 0 Å². The van der Waals surface area contributed by atoms with E-state index < -0.39 is 0 Å². The number of hydrogen-bond donors (Lipinski definition) is 1. The van der Waals surface area contributed by atoms with Crippen LogP contribution in [0.1, 0.15) is 29.1 Å². The van der Waals surface area contributed by atoms with Crippen LogP contribution in [0.25, 0.3) is 6.08 Å². The highest BCUT2D eigenvalue weighted by molar-refractivity contribution is 8.26. The van der Waals surface area contributed by atoms with Crippen molar-refractivity contribution in [3.05, 3.63) is 51.1 Å². The predicted octanol–water partition coefficient (Wildman–Crippen LogP) is 4.34. The van der Waals surface area contributed by atoms with E-state index >= 15 is 0 Å². The number of rotatable bonds is 7. The van der Waals surface area contributed by atoms with Gasteiger partial charge in [-0.3, -0.25) is 15.0 Å². The number of benzene rings is 1. The lowest BCUT2D eigenvalue weighted by molar-refractivity contribution is -0.123. The zero-order valence-corrected chi connectivity index (χ0v) is 18.6. The number of hydrogen-bond acceptors (Lipinski definition) is 7. The van der Waals surface area contributed by atoms with Crippen molar-refractivity contribution in [3.8, 4) is 11.5 Å². The van der Waals surface area contributed by atoms with Crippen LogP contribution >= 0.6 is 35.3 Å². The number of nitrogens with one attached hydrogen (secondary N) is 1. The van der Waals surface area contributed by atoms with Gasteiger partial charge in [-0.05, 0) is 53.4 Å². The number of ether oxygens (including phenoxy) is 2. The molecule has 1 aliphatic rings. The van der Waals surface area contributed by atoms with E-state index in [2.05, 4.69) is 19.3 Å². The van der Waals surface area contributed by atoms with E-state index in [1.54, 1.807) is 36.8 Å². The number of thiocarbonyl (C=S) groups is 1. The van der Waals surface area contributed by atoms with Crippen molar-refractivity contribution in [2.45, 2.75) is 13.8 Å². The maximum absolute atomic E-state index is 12.7. The minimum atomic E-state index is -0.371. The Kier molecular flexibility index (Phi) is 6.94. The molecular formula is C20H20N2O4S3. The van der Waals surface area contributed by atoms with E-state index in [0.717, 1.165) is 22.3 Å². The van der Waals surface area contributed by atoms with Crippen molar-refractivity contribution < 1.29 is 19.1 Å². The van der Waals surface area contributed by atoms with E-state index in [9.17, 15) is 9.59 Å². The molecule has 0 radical (unpaired) electrons. The molecule has 1 aromatic carbocycles. The highest BCUT2D eigenvalue weighted by Gasteiger charge is 2.34. The summed E-state index contributed by atoms with van der Waals surface area (Å²) in [4.78, 5) is 25.9. The SMILES string of the molecule is COc1cc(/C=C2\SC(=S)N(NC(=O)c3cccs3)C2=O)ccc1OCC(C)C. The molecular weight excluding hydrogens is 428 g/mol. The number of hydrazine groups is 1. The summed E-state index contributed by atoms with van der Waals surface area (Å²) in [5.74, 6) is 0.885. The van der Waals surface area contributed by atoms with Crippen LogP contribution in [0.3, 0.4) is 0 Å². The Bertz CT molecular complexity index is 955. The molecule has 2 amide bonds. The Morgan fingerprint density at radius 1 is 1.31 bits per heavy atom. The zero-order valence-electron chi connectivity index (χ0n) is 16.1. The second kappa shape index (κ2) is 9.43. The zero-order chi connectivity index (χ0) is 21.0. The van der Waals surface area contributed by atoms with Crippen LogP contribution in [-0.4, -0.2) is 34.9 Å². The lowest BCUT2D eigenvalue weighted by Gasteiger charge is -2.14. The number of carbonyl (C=O) groups excluding carboxylic acids is 2. The van der Waals surface area contributed by atoms with Gasteiger partial charge in [-0.2, -0.15) is 5.01 Å². The van der Waals surface area contributed by atoms with Crippen LogP contribution < -0.4 is 14.9 Å². The standard InChI is InChI=1S/C20H20N2O4S3/c1-12(2)11-26-14-7-6-13(9-15(14)25-3)10-17-19(24)22(20(27)29-17)21-18(23)16-5-4-8-28-16/h4-10,12H,11H2,1-3H3,(H,21,23)/b17-10-. The largest absolute Gasteiger partial charge is 0.493 e. The van der Waals surface area contributed by atoms with E-state index in [1.165, 1.54) is 11.3 Å². The van der Waals surface area contributed by atoms with Crippen molar-refractivity contribution in [2.75, 3.05) is 13.7 Å². The Balaban J connectivity index is 1.75. The normalized spacial score (nSPS) is 15.3. The van der Waals surface area contributed by atoms with E-state index in [1.807, 2.05) is 12.1 Å². The molecule has 152 valence electrons. The highest BCUT2D eigenvalue weighted by Crippen LogP contribution is 2.34. The Labute approximate surface area is 182 Å². The maximum atomic E-state index is 12.7. The van der Waals surface area contributed by atoms with Crippen LogP contribution in [0, 0.1) is 5.92 Å². The number of thiophene rings is 1. The number of nitrogens with zero attached hydrogens (tertiary/aromatic N) is 1. The third-order valence-electron chi connectivity index (χ3n) is 3.81. The summed E-state index contributed by atoms with van der Waals surface area (Å²) in [7, 11) is 1.57. The number of methoxy groups -OCH3 is 1. The van der Waals surface area contributed by atoms with Gasteiger partial charge in [-0.15, -0.1) is 11.3 Å². The molecule has 1 aliphatic heterocycles. The first kappa shape index (κ1) is 21.4. The van der Waals surface area contributed by atoms with Crippen molar-refractivity contribution in [2.24, 2.45) is 5.92 Å². The van der Waals surface area contributed by atoms with Crippen LogP contribution in [0.15, 0.2) is 40.6 Å². The lowest BCUT2D eigenvalue weighted by Crippen LogP contribution is -2.44.